The van der Waals surface area contributed by atoms with E-state index in [4.69, 9.17) is 14.6 Å². The quantitative estimate of drug-likeness (QED) is 0.581. The lowest BCUT2D eigenvalue weighted by molar-refractivity contribution is -0.00778. The minimum Gasteiger partial charge on any atom is -0.476 e. The predicted octanol–water partition coefficient (Wildman–Crippen LogP) is 4.98. The second kappa shape index (κ2) is 10.8. The molecule has 7 nitrogen and oxygen atoms in total. The highest BCUT2D eigenvalue weighted by Crippen LogP contribution is 2.31. The van der Waals surface area contributed by atoms with Crippen molar-refractivity contribution in [1.29, 1.82) is 0 Å². The fourth-order valence-corrected chi connectivity index (χ4v) is 3.76. The van der Waals surface area contributed by atoms with Crippen LogP contribution < -0.4 is 0 Å². The van der Waals surface area contributed by atoms with Crippen molar-refractivity contribution >= 4 is 23.4 Å². The van der Waals surface area contributed by atoms with Gasteiger partial charge in [0.15, 0.2) is 5.69 Å². The SMILES string of the molecule is CCCN(C(=O)OC(C)(C)C)[C@@H](C[C@H](OCC)c1nc(C(=O)O)cs1)C(C)C. The van der Waals surface area contributed by atoms with Crippen molar-refractivity contribution in [3.63, 3.8) is 0 Å². The van der Waals surface area contributed by atoms with Gasteiger partial charge in [0.25, 0.3) is 0 Å². The van der Waals surface area contributed by atoms with Gasteiger partial charge in [0, 0.05) is 31.0 Å². The van der Waals surface area contributed by atoms with E-state index in [2.05, 4.69) is 18.8 Å². The molecule has 1 rings (SSSR count). The van der Waals surface area contributed by atoms with Crippen LogP contribution in [0.25, 0.3) is 0 Å². The molecule has 0 aliphatic carbocycles. The van der Waals surface area contributed by atoms with E-state index >= 15 is 0 Å². The molecule has 0 radical (unpaired) electrons. The number of carbonyl (C=O) groups excluding carboxylic acids is 1. The smallest absolute Gasteiger partial charge is 0.410 e. The van der Waals surface area contributed by atoms with E-state index < -0.39 is 11.6 Å². The Hall–Kier alpha value is -1.67. The van der Waals surface area contributed by atoms with Crippen molar-refractivity contribution in [2.75, 3.05) is 13.2 Å². The van der Waals surface area contributed by atoms with Gasteiger partial charge in [0.2, 0.25) is 0 Å². The first-order valence-electron chi connectivity index (χ1n) is 9.80. The van der Waals surface area contributed by atoms with Gasteiger partial charge in [0.05, 0.1) is 0 Å². The maximum atomic E-state index is 12.8. The molecule has 8 heteroatoms. The molecule has 0 aromatic carbocycles. The molecular weight excluding hydrogens is 380 g/mol. The third-order valence-electron chi connectivity index (χ3n) is 4.10. The Balaban J connectivity index is 3.12. The van der Waals surface area contributed by atoms with Gasteiger partial charge in [-0.2, -0.15) is 0 Å². The summed E-state index contributed by atoms with van der Waals surface area (Å²) in [6.07, 6.45) is 0.616. The molecule has 28 heavy (non-hydrogen) atoms. The zero-order valence-corrected chi connectivity index (χ0v) is 18.8. The Bertz CT molecular complexity index is 639. The summed E-state index contributed by atoms with van der Waals surface area (Å²) in [5, 5.41) is 11.3. The molecule has 1 aromatic rings. The van der Waals surface area contributed by atoms with Gasteiger partial charge < -0.3 is 19.5 Å². The average Bonchev–Trinajstić information content (AvgIpc) is 3.05. The van der Waals surface area contributed by atoms with Gasteiger partial charge in [-0.05, 0) is 40.0 Å². The van der Waals surface area contributed by atoms with Crippen LogP contribution >= 0.6 is 11.3 Å². The summed E-state index contributed by atoms with van der Waals surface area (Å²) in [7, 11) is 0. The molecule has 2 atom stereocenters. The largest absolute Gasteiger partial charge is 0.476 e. The number of nitrogens with zero attached hydrogens (tertiary/aromatic N) is 2. The van der Waals surface area contributed by atoms with Crippen LogP contribution in [-0.2, 0) is 9.47 Å². The van der Waals surface area contributed by atoms with Crippen molar-refractivity contribution in [2.24, 2.45) is 5.92 Å². The summed E-state index contributed by atoms with van der Waals surface area (Å²) in [6, 6.07) is -0.122. The molecule has 1 N–H and O–H groups in total. The van der Waals surface area contributed by atoms with Gasteiger partial charge >= 0.3 is 12.1 Å². The molecule has 1 aromatic heterocycles. The van der Waals surface area contributed by atoms with Crippen LogP contribution in [0.1, 0.15) is 82.9 Å². The number of carboxylic acid groups (broad SMARTS) is 1. The maximum Gasteiger partial charge on any atom is 0.410 e. The number of aromatic nitrogens is 1. The lowest BCUT2D eigenvalue weighted by Crippen LogP contribution is -2.47. The van der Waals surface area contributed by atoms with E-state index in [1.807, 2.05) is 34.6 Å². The zero-order valence-electron chi connectivity index (χ0n) is 18.0. The van der Waals surface area contributed by atoms with Crippen LogP contribution in [0.5, 0.6) is 0 Å². The number of amides is 1. The molecule has 0 saturated carbocycles. The summed E-state index contributed by atoms with van der Waals surface area (Å²) in [5.41, 5.74) is -0.557. The van der Waals surface area contributed by atoms with Crippen LogP contribution in [0.4, 0.5) is 4.79 Å². The highest BCUT2D eigenvalue weighted by molar-refractivity contribution is 7.09. The summed E-state index contributed by atoms with van der Waals surface area (Å²) in [4.78, 5) is 30.0. The van der Waals surface area contributed by atoms with Crippen LogP contribution in [-0.4, -0.2) is 51.8 Å². The molecule has 0 aliphatic heterocycles. The van der Waals surface area contributed by atoms with Gasteiger partial charge in [-0.1, -0.05) is 20.8 Å². The molecular formula is C20H34N2O5S. The summed E-state index contributed by atoms with van der Waals surface area (Å²) in [6.45, 7) is 14.6. The van der Waals surface area contributed by atoms with E-state index in [9.17, 15) is 9.59 Å². The number of carboxylic acids is 1. The first-order chi connectivity index (χ1) is 13.0. The Morgan fingerprint density at radius 2 is 1.93 bits per heavy atom. The van der Waals surface area contributed by atoms with E-state index in [0.717, 1.165) is 6.42 Å². The highest BCUT2D eigenvalue weighted by Gasteiger charge is 2.33. The van der Waals surface area contributed by atoms with Crippen molar-refractivity contribution in [3.05, 3.63) is 16.1 Å². The van der Waals surface area contributed by atoms with Crippen LogP contribution in [0.15, 0.2) is 5.38 Å². The van der Waals surface area contributed by atoms with Gasteiger partial charge in [0.1, 0.15) is 16.7 Å². The molecule has 0 spiro atoms. The normalized spacial score (nSPS) is 14.0. The fourth-order valence-electron chi connectivity index (χ4n) is 2.91. The zero-order chi connectivity index (χ0) is 21.5. The van der Waals surface area contributed by atoms with Crippen LogP contribution in [0.3, 0.4) is 0 Å². The van der Waals surface area contributed by atoms with E-state index in [0.29, 0.717) is 24.6 Å². The van der Waals surface area contributed by atoms with Crippen LogP contribution in [0.2, 0.25) is 0 Å². The number of aromatic carboxylic acids is 1. The molecule has 0 aliphatic rings. The maximum absolute atomic E-state index is 12.8. The third-order valence-corrected chi connectivity index (χ3v) is 5.04. The molecule has 0 saturated heterocycles. The number of rotatable bonds is 10. The van der Waals surface area contributed by atoms with Crippen molar-refractivity contribution in [3.8, 4) is 0 Å². The predicted molar refractivity (Wildman–Crippen MR) is 110 cm³/mol. The van der Waals surface area contributed by atoms with Gasteiger partial charge in [-0.15, -0.1) is 11.3 Å². The number of ether oxygens (including phenoxy) is 2. The number of thiazole rings is 1. The number of hydrogen-bond donors (Lipinski definition) is 1. The Morgan fingerprint density at radius 1 is 1.29 bits per heavy atom. The molecule has 0 unspecified atom stereocenters. The lowest BCUT2D eigenvalue weighted by Gasteiger charge is -2.37. The average molecular weight is 415 g/mol. The molecule has 0 fully saturated rings. The second-order valence-corrected chi connectivity index (χ2v) is 8.93. The first-order valence-corrected chi connectivity index (χ1v) is 10.7. The molecule has 1 heterocycles. The monoisotopic (exact) mass is 414 g/mol. The highest BCUT2D eigenvalue weighted by atomic mass is 32.1. The van der Waals surface area contributed by atoms with Crippen LogP contribution in [0, 0.1) is 5.92 Å². The minimum absolute atomic E-state index is 0.0170. The second-order valence-electron chi connectivity index (χ2n) is 8.04. The fraction of sp³-hybridized carbons (Fsp3) is 0.750. The van der Waals surface area contributed by atoms with E-state index in [-0.39, 0.29) is 29.9 Å². The molecule has 1 amide bonds. The standard InChI is InChI=1S/C20H34N2O5S/c1-8-10-22(19(25)27-20(5,6)7)15(13(3)4)11-16(26-9-2)17-21-14(12-28-17)18(23)24/h12-13,15-16H,8-11H2,1-7H3,(H,23,24)/t15-,16-/m0/s1. The van der Waals surface area contributed by atoms with Crippen molar-refractivity contribution < 1.29 is 24.2 Å². The summed E-state index contributed by atoms with van der Waals surface area (Å²) >= 11 is 1.27. The Morgan fingerprint density at radius 3 is 2.36 bits per heavy atom. The van der Waals surface area contributed by atoms with E-state index in [1.165, 1.54) is 16.7 Å². The van der Waals surface area contributed by atoms with Gasteiger partial charge in [-0.3, -0.25) is 0 Å². The topological polar surface area (TPSA) is 89.0 Å². The lowest BCUT2D eigenvalue weighted by atomic mass is 9.96. The third kappa shape index (κ3) is 7.39. The number of hydrogen-bond acceptors (Lipinski definition) is 6. The minimum atomic E-state index is -1.06. The Labute approximate surface area is 172 Å². The molecule has 0 bridgehead atoms. The Kier molecular flexibility index (Phi) is 9.36. The molecule has 160 valence electrons. The summed E-state index contributed by atoms with van der Waals surface area (Å²) < 4.78 is 11.5. The first kappa shape index (κ1) is 24.4. The van der Waals surface area contributed by atoms with Gasteiger partial charge in [-0.25, -0.2) is 14.6 Å². The van der Waals surface area contributed by atoms with E-state index in [1.54, 1.807) is 4.90 Å². The van der Waals surface area contributed by atoms with Crippen molar-refractivity contribution in [1.82, 2.24) is 9.88 Å². The van der Waals surface area contributed by atoms with Crippen molar-refractivity contribution in [2.45, 2.75) is 79.1 Å². The summed E-state index contributed by atoms with van der Waals surface area (Å²) in [5.74, 6) is -0.888. The number of carbonyl (C=O) groups is 2.